The number of hydrogen-bond donors (Lipinski definition) is 2. The van der Waals surface area contributed by atoms with Crippen molar-refractivity contribution in [3.05, 3.63) is 0 Å². The number of likely N-dealkylation sites (tertiary alicyclic amines) is 1. The third-order valence-corrected chi connectivity index (χ3v) is 9.61. The lowest BCUT2D eigenvalue weighted by atomic mass is 9.71. The maximum absolute atomic E-state index is 13.0. The van der Waals surface area contributed by atoms with Crippen LogP contribution in [0.1, 0.15) is 244 Å². The van der Waals surface area contributed by atoms with E-state index in [0.29, 0.717) is 6.61 Å². The minimum absolute atomic E-state index is 0.0446. The van der Waals surface area contributed by atoms with Crippen molar-refractivity contribution in [1.29, 1.82) is 0 Å². The molecule has 1 unspecified atom stereocenters. The smallest absolute Gasteiger partial charge is 0.308 e. The van der Waals surface area contributed by atoms with Crippen molar-refractivity contribution >= 4 is 5.97 Å². The van der Waals surface area contributed by atoms with Crippen LogP contribution in [0, 0.1) is 11.3 Å². The molecule has 0 radical (unpaired) electrons. The summed E-state index contributed by atoms with van der Waals surface area (Å²) in [5.74, 6) is 0.127. The molecular weight excluding hydrogens is 631 g/mol. The Bertz CT molecular complexity index is 574. The molecule has 1 rings (SSSR count). The van der Waals surface area contributed by atoms with E-state index in [9.17, 15) is 9.90 Å². The third kappa shape index (κ3) is 42.0. The zero-order chi connectivity index (χ0) is 39.9. The topological polar surface area (TPSA) is 70.0 Å². The summed E-state index contributed by atoms with van der Waals surface area (Å²) in [5, 5.41) is 18.5. The molecule has 1 atom stereocenters. The van der Waals surface area contributed by atoms with E-state index in [1.807, 2.05) is 55.4 Å². The molecule has 1 aliphatic heterocycles. The van der Waals surface area contributed by atoms with Gasteiger partial charge in [0.1, 0.15) is 0 Å². The van der Waals surface area contributed by atoms with Crippen LogP contribution < -0.4 is 0 Å². The van der Waals surface area contributed by atoms with Crippen molar-refractivity contribution in [2.45, 2.75) is 244 Å². The molecule has 2 N–H and O–H groups in total. The molecule has 0 bridgehead atoms. The second-order valence-corrected chi connectivity index (χ2v) is 13.5. The van der Waals surface area contributed by atoms with Crippen LogP contribution >= 0.6 is 0 Å². The maximum atomic E-state index is 13.0. The van der Waals surface area contributed by atoms with Crippen LogP contribution in [0.15, 0.2) is 0 Å². The zero-order valence-electron chi connectivity index (χ0n) is 37.7. The molecule has 314 valence electrons. The zero-order valence-corrected chi connectivity index (χ0v) is 37.7. The molecule has 51 heavy (non-hydrogen) atoms. The largest absolute Gasteiger partial charge is 0.465 e. The van der Waals surface area contributed by atoms with Gasteiger partial charge < -0.3 is 19.8 Å². The number of aliphatic hydroxyl groups is 2. The molecule has 1 aliphatic rings. The molecule has 1 saturated heterocycles. The molecule has 0 amide bonds. The second kappa shape index (κ2) is 53.7. The highest BCUT2D eigenvalue weighted by molar-refractivity contribution is 5.72. The molecule has 0 aliphatic carbocycles. The van der Waals surface area contributed by atoms with E-state index in [1.165, 1.54) is 83.5 Å². The summed E-state index contributed by atoms with van der Waals surface area (Å²) < 4.78 is 5.86. The molecule has 5 nitrogen and oxygen atoms in total. The van der Waals surface area contributed by atoms with E-state index in [0.717, 1.165) is 96.7 Å². The van der Waals surface area contributed by atoms with Gasteiger partial charge in [0.15, 0.2) is 0 Å². The highest BCUT2D eigenvalue weighted by Crippen LogP contribution is 2.40. The Morgan fingerprint density at radius 1 is 0.549 bits per heavy atom. The Hall–Kier alpha value is -0.650. The quantitative estimate of drug-likeness (QED) is 0.0619. The normalized spacial score (nSPS) is 13.6. The van der Waals surface area contributed by atoms with Crippen LogP contribution in [-0.4, -0.2) is 60.5 Å². The lowest BCUT2D eigenvalue weighted by Gasteiger charge is -2.42. The van der Waals surface area contributed by atoms with Gasteiger partial charge in [0.05, 0.1) is 12.5 Å². The number of carbonyl (C=O) groups is 1. The van der Waals surface area contributed by atoms with Crippen LogP contribution in [0.5, 0.6) is 0 Å². The number of piperidine rings is 1. The minimum atomic E-state index is 0.0446. The second-order valence-electron chi connectivity index (χ2n) is 13.5. The van der Waals surface area contributed by atoms with Gasteiger partial charge in [-0.25, -0.2) is 0 Å². The van der Waals surface area contributed by atoms with Crippen LogP contribution in [0.25, 0.3) is 0 Å². The van der Waals surface area contributed by atoms with Crippen molar-refractivity contribution in [3.63, 3.8) is 0 Å². The standard InChI is InChI=1S/C31H61NO4.C7H16.4C2H6/c1-3-5-7-9-10-12-18-29(17-11-8-6-4-2)30(35)36-28-16-20-31(19-15-27-34)21-24-32(25-22-31)23-13-14-26-33;1-3-5-7-6-4-2;4*1-2/h29,33-34H,3-28H2,1-2H3;3-7H2,1-2H3;4*1-2H3. The summed E-state index contributed by atoms with van der Waals surface area (Å²) in [4.78, 5) is 15.5. The third-order valence-electron chi connectivity index (χ3n) is 9.61. The molecule has 0 aromatic heterocycles. The van der Waals surface area contributed by atoms with Crippen LogP contribution in [0.4, 0.5) is 0 Å². The number of nitrogens with zero attached hydrogens (tertiary/aromatic N) is 1. The Labute approximate surface area is 324 Å². The SMILES string of the molecule is CC.CC.CC.CC.CCCCCCC.CCCCCCCCC(CCCCCC)C(=O)OCCCC1(CCCO)CCN(CCCCO)CC1. The molecular formula is C46H101NO4. The fourth-order valence-corrected chi connectivity index (χ4v) is 6.56. The Balaban J connectivity index is -0.000000401. The number of aliphatic hydroxyl groups excluding tert-OH is 2. The fourth-order valence-electron chi connectivity index (χ4n) is 6.56. The van der Waals surface area contributed by atoms with Gasteiger partial charge in [-0.15, -0.1) is 0 Å². The Kier molecular flexibility index (Phi) is 62.8. The van der Waals surface area contributed by atoms with Gasteiger partial charge >= 0.3 is 5.97 Å². The molecule has 0 spiro atoms. The first-order chi connectivity index (χ1) is 25.0. The van der Waals surface area contributed by atoms with Crippen molar-refractivity contribution < 1.29 is 19.7 Å². The van der Waals surface area contributed by atoms with Gasteiger partial charge in [0.25, 0.3) is 0 Å². The summed E-state index contributed by atoms with van der Waals surface area (Å²) in [6.45, 7) is 29.3. The van der Waals surface area contributed by atoms with Crippen molar-refractivity contribution in [2.75, 3.05) is 39.5 Å². The van der Waals surface area contributed by atoms with Gasteiger partial charge in [0, 0.05) is 13.2 Å². The molecule has 0 saturated carbocycles. The minimum Gasteiger partial charge on any atom is -0.465 e. The number of rotatable bonds is 28. The van der Waals surface area contributed by atoms with E-state index in [-0.39, 0.29) is 30.5 Å². The van der Waals surface area contributed by atoms with Crippen LogP contribution in [0.2, 0.25) is 0 Å². The van der Waals surface area contributed by atoms with Gasteiger partial charge in [-0.05, 0) is 89.3 Å². The summed E-state index contributed by atoms with van der Waals surface area (Å²) in [7, 11) is 0. The Morgan fingerprint density at radius 3 is 1.39 bits per heavy atom. The molecule has 5 heteroatoms. The summed E-state index contributed by atoms with van der Waals surface area (Å²) in [5.41, 5.74) is 0.278. The van der Waals surface area contributed by atoms with Gasteiger partial charge in [-0.1, -0.05) is 179 Å². The highest BCUT2D eigenvalue weighted by Gasteiger charge is 2.33. The predicted molar refractivity (Wildman–Crippen MR) is 231 cm³/mol. The number of esters is 1. The Morgan fingerprint density at radius 2 is 0.941 bits per heavy atom. The first kappa shape index (κ1) is 59.6. The van der Waals surface area contributed by atoms with Crippen LogP contribution in [-0.2, 0) is 9.53 Å². The highest BCUT2D eigenvalue weighted by atomic mass is 16.5. The first-order valence-corrected chi connectivity index (χ1v) is 23.1. The number of hydrogen-bond acceptors (Lipinski definition) is 5. The number of unbranched alkanes of at least 4 members (excludes halogenated alkanes) is 13. The molecule has 0 aromatic rings. The van der Waals surface area contributed by atoms with Crippen LogP contribution in [0.3, 0.4) is 0 Å². The predicted octanol–water partition coefficient (Wildman–Crippen LogP) is 14.4. The van der Waals surface area contributed by atoms with Gasteiger partial charge in [0.2, 0.25) is 0 Å². The van der Waals surface area contributed by atoms with E-state index in [2.05, 4.69) is 32.6 Å². The van der Waals surface area contributed by atoms with Crippen molar-refractivity contribution in [2.24, 2.45) is 11.3 Å². The van der Waals surface area contributed by atoms with E-state index in [1.54, 1.807) is 0 Å². The first-order valence-electron chi connectivity index (χ1n) is 23.1. The van der Waals surface area contributed by atoms with Crippen molar-refractivity contribution in [1.82, 2.24) is 4.90 Å². The molecule has 1 heterocycles. The fraction of sp³-hybridized carbons (Fsp3) is 0.978. The van der Waals surface area contributed by atoms with Crippen molar-refractivity contribution in [3.8, 4) is 0 Å². The van der Waals surface area contributed by atoms with Gasteiger partial charge in [-0.2, -0.15) is 0 Å². The average Bonchev–Trinajstić information content (AvgIpc) is 3.19. The molecule has 0 aromatic carbocycles. The summed E-state index contributed by atoms with van der Waals surface area (Å²) >= 11 is 0. The van der Waals surface area contributed by atoms with E-state index >= 15 is 0 Å². The summed E-state index contributed by atoms with van der Waals surface area (Å²) in [6.07, 6.45) is 29.7. The monoisotopic (exact) mass is 732 g/mol. The number of ether oxygens (including phenoxy) is 1. The summed E-state index contributed by atoms with van der Waals surface area (Å²) in [6, 6.07) is 0. The molecule has 1 fully saturated rings. The van der Waals surface area contributed by atoms with E-state index in [4.69, 9.17) is 9.84 Å². The number of carbonyl (C=O) groups excluding carboxylic acids is 1. The lowest BCUT2D eigenvalue weighted by Crippen LogP contribution is -2.41. The maximum Gasteiger partial charge on any atom is 0.308 e. The van der Waals surface area contributed by atoms with E-state index < -0.39 is 0 Å². The average molecular weight is 732 g/mol. The van der Waals surface area contributed by atoms with Gasteiger partial charge in [-0.3, -0.25) is 4.79 Å². The lowest BCUT2D eigenvalue weighted by molar-refractivity contribution is -0.149.